The molecule has 0 spiro atoms. The van der Waals surface area contributed by atoms with Gasteiger partial charge in [0.25, 0.3) is 10.2 Å². The average molecular weight is 317 g/mol. The topological polar surface area (TPSA) is 52.7 Å². The van der Waals surface area contributed by atoms with Crippen LogP contribution < -0.4 is 5.32 Å². The normalized spacial score (nSPS) is 29.9. The summed E-state index contributed by atoms with van der Waals surface area (Å²) in [6.07, 6.45) is 3.87. The largest absolute Gasteiger partial charge is 0.317 e. The molecule has 1 N–H and O–H groups in total. The predicted molar refractivity (Wildman–Crippen MR) is 86.3 cm³/mol. The van der Waals surface area contributed by atoms with E-state index in [0.29, 0.717) is 31.5 Å². The first-order valence-corrected chi connectivity index (χ1v) is 9.82. The average Bonchev–Trinajstić information content (AvgIpc) is 2.44. The zero-order valence-electron chi connectivity index (χ0n) is 13.7. The SMILES string of the molecule is CCCN(C1CCNCC1)S(=O)(=O)N1CC(C)CC(C)C1. The van der Waals surface area contributed by atoms with E-state index < -0.39 is 10.2 Å². The lowest BCUT2D eigenvalue weighted by molar-refractivity contribution is 0.190. The van der Waals surface area contributed by atoms with E-state index in [1.807, 2.05) is 0 Å². The van der Waals surface area contributed by atoms with Gasteiger partial charge < -0.3 is 5.32 Å². The maximum Gasteiger partial charge on any atom is 0.282 e. The van der Waals surface area contributed by atoms with Crippen LogP contribution in [0.5, 0.6) is 0 Å². The summed E-state index contributed by atoms with van der Waals surface area (Å²) in [6.45, 7) is 10.2. The quantitative estimate of drug-likeness (QED) is 0.839. The van der Waals surface area contributed by atoms with Gasteiger partial charge in [-0.1, -0.05) is 20.8 Å². The molecule has 0 aromatic carbocycles. The smallest absolute Gasteiger partial charge is 0.282 e. The number of nitrogens with zero attached hydrogens (tertiary/aromatic N) is 2. The molecule has 2 unspecified atom stereocenters. The lowest BCUT2D eigenvalue weighted by Gasteiger charge is -2.40. The van der Waals surface area contributed by atoms with Crippen LogP contribution in [0, 0.1) is 11.8 Å². The van der Waals surface area contributed by atoms with E-state index in [2.05, 4.69) is 26.1 Å². The minimum Gasteiger partial charge on any atom is -0.317 e. The number of hydrogen-bond donors (Lipinski definition) is 1. The van der Waals surface area contributed by atoms with Gasteiger partial charge in [0, 0.05) is 25.7 Å². The molecule has 124 valence electrons. The highest BCUT2D eigenvalue weighted by Crippen LogP contribution is 2.27. The summed E-state index contributed by atoms with van der Waals surface area (Å²) >= 11 is 0. The van der Waals surface area contributed by atoms with Crippen LogP contribution in [-0.4, -0.2) is 55.8 Å². The highest BCUT2D eigenvalue weighted by atomic mass is 32.2. The van der Waals surface area contributed by atoms with E-state index in [4.69, 9.17) is 0 Å². The summed E-state index contributed by atoms with van der Waals surface area (Å²) in [5.74, 6) is 0.917. The second-order valence-electron chi connectivity index (χ2n) is 6.86. The molecule has 0 aromatic rings. The van der Waals surface area contributed by atoms with Crippen molar-refractivity contribution in [3.05, 3.63) is 0 Å². The molecule has 2 aliphatic rings. The Labute approximate surface area is 130 Å². The lowest BCUT2D eigenvalue weighted by Crippen LogP contribution is -2.54. The highest BCUT2D eigenvalue weighted by molar-refractivity contribution is 7.86. The van der Waals surface area contributed by atoms with E-state index in [-0.39, 0.29) is 6.04 Å². The van der Waals surface area contributed by atoms with Crippen LogP contribution in [-0.2, 0) is 10.2 Å². The van der Waals surface area contributed by atoms with Gasteiger partial charge in [-0.25, -0.2) is 0 Å². The molecule has 2 saturated heterocycles. The standard InChI is InChI=1S/C15H31N3O2S/c1-4-9-18(15-5-7-16-8-6-15)21(19,20)17-11-13(2)10-14(3)12-17/h13-16H,4-12H2,1-3H3. The van der Waals surface area contributed by atoms with E-state index in [1.54, 1.807) is 8.61 Å². The first-order valence-electron chi connectivity index (χ1n) is 8.42. The van der Waals surface area contributed by atoms with Gasteiger partial charge in [0.05, 0.1) is 0 Å². The zero-order chi connectivity index (χ0) is 15.5. The van der Waals surface area contributed by atoms with Crippen molar-refractivity contribution in [2.75, 3.05) is 32.7 Å². The maximum absolute atomic E-state index is 13.1. The van der Waals surface area contributed by atoms with Gasteiger partial charge in [-0.05, 0) is 50.6 Å². The Hall–Kier alpha value is -0.170. The van der Waals surface area contributed by atoms with Gasteiger partial charge >= 0.3 is 0 Å². The van der Waals surface area contributed by atoms with E-state index >= 15 is 0 Å². The first kappa shape index (κ1) is 17.2. The van der Waals surface area contributed by atoms with Crippen molar-refractivity contribution >= 4 is 10.2 Å². The molecule has 0 bridgehead atoms. The number of piperidine rings is 2. The third kappa shape index (κ3) is 4.18. The molecule has 2 aliphatic heterocycles. The predicted octanol–water partition coefficient (Wildman–Crippen LogP) is 1.67. The van der Waals surface area contributed by atoms with Crippen molar-refractivity contribution in [2.45, 2.75) is 52.5 Å². The molecular formula is C15H31N3O2S. The Balaban J connectivity index is 2.16. The number of rotatable bonds is 5. The second kappa shape index (κ2) is 7.40. The van der Waals surface area contributed by atoms with E-state index in [0.717, 1.165) is 38.8 Å². The summed E-state index contributed by atoms with van der Waals surface area (Å²) in [4.78, 5) is 0. The summed E-state index contributed by atoms with van der Waals surface area (Å²) in [6, 6.07) is 0.170. The first-order chi connectivity index (χ1) is 9.95. The number of nitrogens with one attached hydrogen (secondary N) is 1. The van der Waals surface area contributed by atoms with Crippen molar-refractivity contribution in [1.29, 1.82) is 0 Å². The number of hydrogen-bond acceptors (Lipinski definition) is 3. The Morgan fingerprint density at radius 3 is 2.24 bits per heavy atom. The molecule has 0 amide bonds. The highest BCUT2D eigenvalue weighted by Gasteiger charge is 2.37. The van der Waals surface area contributed by atoms with E-state index in [1.165, 1.54) is 0 Å². The molecule has 6 heteroatoms. The van der Waals surface area contributed by atoms with Crippen LogP contribution in [0.15, 0.2) is 0 Å². The van der Waals surface area contributed by atoms with E-state index in [9.17, 15) is 8.42 Å². The Morgan fingerprint density at radius 1 is 1.14 bits per heavy atom. The molecule has 0 radical (unpaired) electrons. The molecule has 2 rings (SSSR count). The van der Waals surface area contributed by atoms with Crippen LogP contribution in [0.1, 0.15) is 46.5 Å². The van der Waals surface area contributed by atoms with Crippen LogP contribution in [0.4, 0.5) is 0 Å². The zero-order valence-corrected chi connectivity index (χ0v) is 14.5. The maximum atomic E-state index is 13.1. The van der Waals surface area contributed by atoms with Gasteiger partial charge in [-0.2, -0.15) is 17.0 Å². The molecule has 21 heavy (non-hydrogen) atoms. The summed E-state index contributed by atoms with van der Waals surface area (Å²) in [7, 11) is -3.31. The van der Waals surface area contributed by atoms with Crippen molar-refractivity contribution < 1.29 is 8.42 Å². The van der Waals surface area contributed by atoms with Gasteiger partial charge in [0.15, 0.2) is 0 Å². The van der Waals surface area contributed by atoms with Gasteiger partial charge in [-0.3, -0.25) is 0 Å². The Morgan fingerprint density at radius 2 is 1.71 bits per heavy atom. The molecule has 2 atom stereocenters. The van der Waals surface area contributed by atoms with Crippen molar-refractivity contribution in [3.8, 4) is 0 Å². The summed E-state index contributed by atoms with van der Waals surface area (Å²) in [5, 5.41) is 3.32. The molecule has 0 aliphatic carbocycles. The molecule has 5 nitrogen and oxygen atoms in total. The van der Waals surface area contributed by atoms with Gasteiger partial charge in [-0.15, -0.1) is 0 Å². The van der Waals surface area contributed by atoms with Gasteiger partial charge in [0.2, 0.25) is 0 Å². The Bertz CT molecular complexity index is 411. The van der Waals surface area contributed by atoms with Crippen molar-refractivity contribution in [1.82, 2.24) is 13.9 Å². The van der Waals surface area contributed by atoms with Crippen LogP contribution in [0.2, 0.25) is 0 Å². The third-order valence-electron chi connectivity index (χ3n) is 4.62. The van der Waals surface area contributed by atoms with Crippen LogP contribution >= 0.6 is 0 Å². The van der Waals surface area contributed by atoms with Crippen LogP contribution in [0.3, 0.4) is 0 Å². The molecule has 0 aromatic heterocycles. The monoisotopic (exact) mass is 317 g/mol. The minimum atomic E-state index is -3.31. The fraction of sp³-hybridized carbons (Fsp3) is 1.00. The third-order valence-corrected chi connectivity index (χ3v) is 6.64. The lowest BCUT2D eigenvalue weighted by atomic mass is 9.94. The minimum absolute atomic E-state index is 0.170. The fourth-order valence-electron chi connectivity index (χ4n) is 3.74. The van der Waals surface area contributed by atoms with Gasteiger partial charge in [0.1, 0.15) is 0 Å². The summed E-state index contributed by atoms with van der Waals surface area (Å²) < 4.78 is 29.7. The van der Waals surface area contributed by atoms with Crippen molar-refractivity contribution in [2.24, 2.45) is 11.8 Å². The Kier molecular flexibility index (Phi) is 6.05. The molecule has 2 heterocycles. The molecular weight excluding hydrogens is 286 g/mol. The van der Waals surface area contributed by atoms with Crippen LogP contribution in [0.25, 0.3) is 0 Å². The van der Waals surface area contributed by atoms with Crippen molar-refractivity contribution in [3.63, 3.8) is 0 Å². The molecule has 2 fully saturated rings. The second-order valence-corrected chi connectivity index (χ2v) is 8.74. The fourth-order valence-corrected chi connectivity index (χ4v) is 5.93. The molecule has 0 saturated carbocycles. The summed E-state index contributed by atoms with van der Waals surface area (Å²) in [5.41, 5.74) is 0.